The van der Waals surface area contributed by atoms with Crippen molar-refractivity contribution in [3.63, 3.8) is 0 Å². The molecule has 0 N–H and O–H groups in total. The zero-order valence-corrected chi connectivity index (χ0v) is 9.04. The number of fused-ring (bicyclic) bond motifs is 1. The molecule has 88 valence electrons. The standard InChI is InChI=1S/C11H10N2O4/c1-12-10(16)7-4-2-3-5-8(7)13(11(12)17)6-9(14)15/h2-5H,6H2,1H3,(H,14,15)/p-1. The number of rotatable bonds is 2. The quantitative estimate of drug-likeness (QED) is 0.628. The van der Waals surface area contributed by atoms with Crippen LogP contribution in [0.3, 0.4) is 0 Å². The first-order valence-corrected chi connectivity index (χ1v) is 4.91. The first kappa shape index (κ1) is 11.1. The molecule has 2 rings (SSSR count). The van der Waals surface area contributed by atoms with Gasteiger partial charge in [-0.2, -0.15) is 0 Å². The van der Waals surface area contributed by atoms with Crippen LogP contribution in [-0.2, 0) is 18.4 Å². The van der Waals surface area contributed by atoms with E-state index in [2.05, 4.69) is 0 Å². The zero-order valence-electron chi connectivity index (χ0n) is 9.04. The number of carboxylic acids is 1. The second-order valence-corrected chi connectivity index (χ2v) is 3.62. The number of carbonyl (C=O) groups is 1. The minimum absolute atomic E-state index is 0.296. The second kappa shape index (κ2) is 3.89. The van der Waals surface area contributed by atoms with E-state index < -0.39 is 23.8 Å². The molecule has 0 radical (unpaired) electrons. The van der Waals surface area contributed by atoms with Crippen LogP contribution in [0.4, 0.5) is 0 Å². The summed E-state index contributed by atoms with van der Waals surface area (Å²) in [5.74, 6) is -1.38. The van der Waals surface area contributed by atoms with Gasteiger partial charge >= 0.3 is 5.69 Å². The van der Waals surface area contributed by atoms with E-state index in [4.69, 9.17) is 0 Å². The maximum atomic E-state index is 11.8. The Hall–Kier alpha value is -2.37. The highest BCUT2D eigenvalue weighted by atomic mass is 16.4. The van der Waals surface area contributed by atoms with Gasteiger partial charge in [-0.25, -0.2) is 4.79 Å². The maximum Gasteiger partial charge on any atom is 0.331 e. The lowest BCUT2D eigenvalue weighted by atomic mass is 10.2. The van der Waals surface area contributed by atoms with Gasteiger partial charge in [-0.05, 0) is 12.1 Å². The molecule has 2 aromatic rings. The van der Waals surface area contributed by atoms with Crippen molar-refractivity contribution in [2.75, 3.05) is 0 Å². The summed E-state index contributed by atoms with van der Waals surface area (Å²) in [5.41, 5.74) is -0.817. The van der Waals surface area contributed by atoms with Crippen LogP contribution >= 0.6 is 0 Å². The Labute approximate surface area is 95.3 Å². The summed E-state index contributed by atoms with van der Waals surface area (Å²) in [6, 6.07) is 6.36. The van der Waals surface area contributed by atoms with Crippen LogP contribution in [0, 0.1) is 0 Å². The molecule has 6 nitrogen and oxygen atoms in total. The fraction of sp³-hybridized carbons (Fsp3) is 0.182. The topological polar surface area (TPSA) is 84.1 Å². The molecule has 0 aliphatic carbocycles. The van der Waals surface area contributed by atoms with Crippen molar-refractivity contribution < 1.29 is 9.90 Å². The molecular formula is C11H9N2O4-. The smallest absolute Gasteiger partial charge is 0.331 e. The Morgan fingerprint density at radius 2 is 1.94 bits per heavy atom. The number of hydrogen-bond acceptors (Lipinski definition) is 4. The molecule has 0 atom stereocenters. The Morgan fingerprint density at radius 3 is 2.59 bits per heavy atom. The number of aromatic nitrogens is 2. The van der Waals surface area contributed by atoms with Crippen molar-refractivity contribution >= 4 is 16.9 Å². The molecule has 1 aromatic heterocycles. The zero-order chi connectivity index (χ0) is 12.6. The largest absolute Gasteiger partial charge is 0.548 e. The minimum Gasteiger partial charge on any atom is -0.548 e. The molecule has 0 aliphatic heterocycles. The molecule has 0 unspecified atom stereocenters. The van der Waals surface area contributed by atoms with Crippen LogP contribution < -0.4 is 16.4 Å². The van der Waals surface area contributed by atoms with Gasteiger partial charge in [0.1, 0.15) is 0 Å². The molecule has 17 heavy (non-hydrogen) atoms. The Balaban J connectivity index is 2.95. The van der Waals surface area contributed by atoms with Gasteiger partial charge in [0.2, 0.25) is 0 Å². The summed E-state index contributed by atoms with van der Waals surface area (Å²) in [7, 11) is 1.31. The van der Waals surface area contributed by atoms with E-state index in [9.17, 15) is 19.5 Å². The fourth-order valence-electron chi connectivity index (χ4n) is 1.72. The van der Waals surface area contributed by atoms with E-state index in [0.717, 1.165) is 9.13 Å². The van der Waals surface area contributed by atoms with Crippen molar-refractivity contribution in [1.82, 2.24) is 9.13 Å². The van der Waals surface area contributed by atoms with Crippen LogP contribution in [-0.4, -0.2) is 15.1 Å². The highest BCUT2D eigenvalue weighted by molar-refractivity contribution is 5.79. The highest BCUT2D eigenvalue weighted by Crippen LogP contribution is 2.06. The number of nitrogens with zero attached hydrogens (tertiary/aromatic N) is 2. The number of para-hydroxylation sites is 1. The lowest BCUT2D eigenvalue weighted by molar-refractivity contribution is -0.306. The summed E-state index contributed by atoms with van der Waals surface area (Å²) >= 11 is 0. The summed E-state index contributed by atoms with van der Waals surface area (Å²) in [6.45, 7) is -0.576. The third-order valence-corrected chi connectivity index (χ3v) is 2.53. The predicted octanol–water partition coefficient (Wildman–Crippen LogP) is -1.55. The maximum absolute atomic E-state index is 11.8. The van der Waals surface area contributed by atoms with Gasteiger partial charge in [0.15, 0.2) is 0 Å². The van der Waals surface area contributed by atoms with Gasteiger partial charge < -0.3 is 9.90 Å². The van der Waals surface area contributed by atoms with E-state index in [1.807, 2.05) is 0 Å². The van der Waals surface area contributed by atoms with Crippen LogP contribution in [0.2, 0.25) is 0 Å². The Bertz CT molecular complexity index is 711. The summed E-state index contributed by atoms with van der Waals surface area (Å²) in [6.07, 6.45) is 0. The Kier molecular flexibility index (Phi) is 2.55. The van der Waals surface area contributed by atoms with Gasteiger partial charge in [-0.1, -0.05) is 12.1 Å². The lowest BCUT2D eigenvalue weighted by Crippen LogP contribution is -2.41. The van der Waals surface area contributed by atoms with Crippen LogP contribution in [0.5, 0.6) is 0 Å². The van der Waals surface area contributed by atoms with Crippen molar-refractivity contribution in [3.8, 4) is 0 Å². The number of carbonyl (C=O) groups excluding carboxylic acids is 1. The number of benzene rings is 1. The molecule has 0 saturated heterocycles. The molecule has 1 heterocycles. The second-order valence-electron chi connectivity index (χ2n) is 3.62. The van der Waals surface area contributed by atoms with Crippen molar-refractivity contribution in [3.05, 3.63) is 45.1 Å². The minimum atomic E-state index is -1.38. The van der Waals surface area contributed by atoms with Crippen molar-refractivity contribution in [1.29, 1.82) is 0 Å². The van der Waals surface area contributed by atoms with Crippen LogP contribution in [0.1, 0.15) is 0 Å². The molecule has 0 amide bonds. The molecule has 0 spiro atoms. The van der Waals surface area contributed by atoms with Gasteiger partial charge in [-0.3, -0.25) is 13.9 Å². The van der Waals surface area contributed by atoms with E-state index in [1.54, 1.807) is 18.2 Å². The van der Waals surface area contributed by atoms with E-state index >= 15 is 0 Å². The molecule has 0 bridgehead atoms. The molecule has 0 saturated carbocycles. The first-order chi connectivity index (χ1) is 8.02. The SMILES string of the molecule is Cn1c(=O)c2ccccc2n(CC(=O)[O-])c1=O. The number of hydrogen-bond donors (Lipinski definition) is 0. The molecule has 6 heteroatoms. The predicted molar refractivity (Wildman–Crippen MR) is 58.5 cm³/mol. The fourth-order valence-corrected chi connectivity index (χ4v) is 1.72. The summed E-state index contributed by atoms with van der Waals surface area (Å²) in [4.78, 5) is 34.2. The highest BCUT2D eigenvalue weighted by Gasteiger charge is 2.09. The molecule has 1 aromatic carbocycles. The average molecular weight is 233 g/mol. The number of aliphatic carboxylic acids is 1. The molecule has 0 aliphatic rings. The van der Waals surface area contributed by atoms with Gasteiger partial charge in [0.05, 0.1) is 23.4 Å². The molecular weight excluding hydrogens is 224 g/mol. The van der Waals surface area contributed by atoms with E-state index in [-0.39, 0.29) is 0 Å². The van der Waals surface area contributed by atoms with Crippen LogP contribution in [0.25, 0.3) is 10.9 Å². The van der Waals surface area contributed by atoms with E-state index in [1.165, 1.54) is 13.1 Å². The van der Waals surface area contributed by atoms with Crippen molar-refractivity contribution in [2.24, 2.45) is 7.05 Å². The Morgan fingerprint density at radius 1 is 1.29 bits per heavy atom. The van der Waals surface area contributed by atoms with Crippen LogP contribution in [0.15, 0.2) is 33.9 Å². The first-order valence-electron chi connectivity index (χ1n) is 4.91. The summed E-state index contributed by atoms with van der Waals surface area (Å²) < 4.78 is 1.89. The average Bonchev–Trinajstić information content (AvgIpc) is 2.31. The van der Waals surface area contributed by atoms with Gasteiger partial charge in [-0.15, -0.1) is 0 Å². The van der Waals surface area contributed by atoms with Gasteiger partial charge in [0, 0.05) is 7.05 Å². The molecule has 0 fully saturated rings. The van der Waals surface area contributed by atoms with E-state index in [0.29, 0.717) is 10.9 Å². The third-order valence-electron chi connectivity index (χ3n) is 2.53. The normalized spacial score (nSPS) is 10.6. The van der Waals surface area contributed by atoms with Gasteiger partial charge in [0.25, 0.3) is 5.56 Å². The number of carboxylic acid groups (broad SMARTS) is 1. The monoisotopic (exact) mass is 233 g/mol. The third kappa shape index (κ3) is 1.73. The van der Waals surface area contributed by atoms with Crippen molar-refractivity contribution in [2.45, 2.75) is 6.54 Å². The summed E-state index contributed by atoms with van der Waals surface area (Å²) in [5, 5.41) is 10.9. The lowest BCUT2D eigenvalue weighted by Gasteiger charge is -2.11.